The van der Waals surface area contributed by atoms with Gasteiger partial charge in [-0.05, 0) is 12.2 Å². The number of hydrogen-bond donors (Lipinski definition) is 3. The van der Waals surface area contributed by atoms with Crippen molar-refractivity contribution in [2.45, 2.75) is 18.4 Å². The molecule has 0 aromatic rings. The molecule has 0 aliphatic carbocycles. The van der Waals surface area contributed by atoms with E-state index in [1.807, 2.05) is 0 Å². The maximum atomic E-state index is 6.14. The van der Waals surface area contributed by atoms with Crippen molar-refractivity contribution in [3.05, 3.63) is 23.7 Å². The van der Waals surface area contributed by atoms with Crippen molar-refractivity contribution in [2.24, 2.45) is 11.5 Å². The van der Waals surface area contributed by atoms with Crippen LogP contribution in [-0.2, 0) is 14.2 Å². The van der Waals surface area contributed by atoms with Gasteiger partial charge in [0.25, 0.3) is 0 Å². The van der Waals surface area contributed by atoms with Gasteiger partial charge in [-0.2, -0.15) is 0 Å². The van der Waals surface area contributed by atoms with Gasteiger partial charge in [-0.3, -0.25) is 0 Å². The van der Waals surface area contributed by atoms with E-state index in [9.17, 15) is 0 Å². The lowest BCUT2D eigenvalue weighted by Gasteiger charge is -2.36. The number of rotatable bonds is 5. The van der Waals surface area contributed by atoms with Gasteiger partial charge in [-0.1, -0.05) is 0 Å². The van der Waals surface area contributed by atoms with Crippen molar-refractivity contribution >= 4 is 0 Å². The summed E-state index contributed by atoms with van der Waals surface area (Å²) in [4.78, 5) is 0. The molecule has 0 saturated carbocycles. The highest BCUT2D eigenvalue weighted by Crippen LogP contribution is 2.20. The molecule has 0 aromatic carbocycles. The highest BCUT2D eigenvalue weighted by Gasteiger charge is 2.34. The molecule has 0 bridgehead atoms. The molecule has 1 unspecified atom stereocenters. The number of allylic oxidation sites excluding steroid dienone is 2. The minimum Gasteiger partial charge on any atom is -0.482 e. The van der Waals surface area contributed by atoms with Crippen LogP contribution in [0.4, 0.5) is 0 Å². The predicted octanol–water partition coefficient (Wildman–Crippen LogP) is -0.416. The Morgan fingerprint density at radius 3 is 2.44 bits per heavy atom. The Labute approximate surface area is 95.2 Å². The van der Waals surface area contributed by atoms with Crippen LogP contribution in [0.15, 0.2) is 23.7 Å². The first-order valence-corrected chi connectivity index (χ1v) is 4.90. The van der Waals surface area contributed by atoms with E-state index >= 15 is 0 Å². The molecular weight excluding hydrogens is 210 g/mol. The van der Waals surface area contributed by atoms with Crippen LogP contribution in [0, 0.1) is 0 Å². The lowest BCUT2D eigenvalue weighted by Crippen LogP contribution is -2.59. The minimum atomic E-state index is -0.920. The average Bonchev–Trinajstić information content (AvgIpc) is 2.30. The molecule has 1 atom stereocenters. The van der Waals surface area contributed by atoms with Gasteiger partial charge in [0, 0.05) is 26.3 Å². The molecule has 0 spiro atoms. The summed E-state index contributed by atoms with van der Waals surface area (Å²) in [5.41, 5.74) is 11.6. The van der Waals surface area contributed by atoms with Gasteiger partial charge >= 0.3 is 0 Å². The Morgan fingerprint density at radius 2 is 1.94 bits per heavy atom. The van der Waals surface area contributed by atoms with Crippen LogP contribution in [-0.4, -0.2) is 33.3 Å². The van der Waals surface area contributed by atoms with Gasteiger partial charge < -0.3 is 31.0 Å². The summed E-state index contributed by atoms with van der Waals surface area (Å²) in [6.07, 6.45) is 3.37. The Bertz CT molecular complexity index is 300. The highest BCUT2D eigenvalue weighted by molar-refractivity contribution is 5.28. The molecule has 5 N–H and O–H groups in total. The number of methoxy groups -OCH3 is 3. The molecule has 0 saturated heterocycles. The molecule has 1 rings (SSSR count). The quantitative estimate of drug-likeness (QED) is 0.555. The number of dihydropyridines is 1. The van der Waals surface area contributed by atoms with E-state index in [-0.39, 0.29) is 0 Å². The van der Waals surface area contributed by atoms with Gasteiger partial charge in [-0.15, -0.1) is 0 Å². The van der Waals surface area contributed by atoms with Gasteiger partial charge in [0.15, 0.2) is 12.2 Å². The summed E-state index contributed by atoms with van der Waals surface area (Å²) in [6.45, 7) is 0. The zero-order chi connectivity index (χ0) is 12.2. The summed E-state index contributed by atoms with van der Waals surface area (Å²) in [5.74, 6) is 0.558. The molecule has 6 nitrogen and oxygen atoms in total. The molecule has 0 radical (unpaired) electrons. The first-order chi connectivity index (χ1) is 7.55. The molecule has 1 aliphatic rings. The van der Waals surface area contributed by atoms with Crippen molar-refractivity contribution in [1.29, 1.82) is 0 Å². The fraction of sp³-hybridized carbons (Fsp3) is 0.600. The Hall–Kier alpha value is -1.24. The zero-order valence-electron chi connectivity index (χ0n) is 9.82. The second-order valence-corrected chi connectivity index (χ2v) is 3.56. The van der Waals surface area contributed by atoms with Crippen LogP contribution in [0.25, 0.3) is 0 Å². The smallest absolute Gasteiger partial charge is 0.188 e. The third-order valence-corrected chi connectivity index (χ3v) is 2.51. The van der Waals surface area contributed by atoms with Gasteiger partial charge in [0.2, 0.25) is 0 Å². The van der Waals surface area contributed by atoms with E-state index in [2.05, 4.69) is 5.32 Å². The second-order valence-electron chi connectivity index (χ2n) is 3.56. The molecule has 0 fully saturated rings. The zero-order valence-corrected chi connectivity index (χ0v) is 9.82. The van der Waals surface area contributed by atoms with E-state index in [1.54, 1.807) is 33.5 Å². The minimum absolute atomic E-state index is 0.378. The summed E-state index contributed by atoms with van der Waals surface area (Å²) in [5, 5.41) is 2.99. The lowest BCUT2D eigenvalue weighted by atomic mass is 10.00. The standard InChI is InChI=1S/C10H19N3O3/c1-14-8-5-4-7(11)10(12,13-8)6-9(15-2)16-3/h4-5,9,13H,6,11-12H2,1-3H3. The maximum absolute atomic E-state index is 6.14. The lowest BCUT2D eigenvalue weighted by molar-refractivity contribution is -0.116. The monoisotopic (exact) mass is 229 g/mol. The molecule has 6 heteroatoms. The molecule has 1 aliphatic heterocycles. The van der Waals surface area contributed by atoms with E-state index in [4.69, 9.17) is 25.7 Å². The van der Waals surface area contributed by atoms with Crippen LogP contribution in [0.3, 0.4) is 0 Å². The summed E-state index contributed by atoms with van der Waals surface area (Å²) in [7, 11) is 4.65. The molecular formula is C10H19N3O3. The SMILES string of the molecule is COC1=CC=C(N)C(N)(CC(OC)OC)N1. The Kier molecular flexibility index (Phi) is 4.17. The van der Waals surface area contributed by atoms with Gasteiger partial charge in [-0.25, -0.2) is 0 Å². The van der Waals surface area contributed by atoms with Gasteiger partial charge in [0.1, 0.15) is 5.66 Å². The predicted molar refractivity (Wildman–Crippen MR) is 59.8 cm³/mol. The second kappa shape index (κ2) is 5.20. The largest absolute Gasteiger partial charge is 0.482 e. The number of ether oxygens (including phenoxy) is 3. The number of nitrogens with one attached hydrogen (secondary N) is 1. The van der Waals surface area contributed by atoms with Crippen LogP contribution < -0.4 is 16.8 Å². The third-order valence-electron chi connectivity index (χ3n) is 2.51. The van der Waals surface area contributed by atoms with E-state index in [0.717, 1.165) is 0 Å². The van der Waals surface area contributed by atoms with Crippen molar-refractivity contribution in [3.63, 3.8) is 0 Å². The first-order valence-electron chi connectivity index (χ1n) is 4.90. The summed E-state index contributed by atoms with van der Waals surface area (Å²) < 4.78 is 15.3. The number of hydrogen-bond acceptors (Lipinski definition) is 6. The number of nitrogens with two attached hydrogens (primary N) is 2. The summed E-state index contributed by atoms with van der Waals surface area (Å²) in [6, 6.07) is 0. The van der Waals surface area contributed by atoms with Crippen molar-refractivity contribution in [3.8, 4) is 0 Å². The molecule has 1 heterocycles. The van der Waals surface area contributed by atoms with Crippen molar-refractivity contribution in [1.82, 2.24) is 5.32 Å². The van der Waals surface area contributed by atoms with Crippen LogP contribution in [0.5, 0.6) is 0 Å². The fourth-order valence-electron chi connectivity index (χ4n) is 1.46. The third kappa shape index (κ3) is 2.66. The molecule has 16 heavy (non-hydrogen) atoms. The van der Waals surface area contributed by atoms with Crippen LogP contribution in [0.2, 0.25) is 0 Å². The van der Waals surface area contributed by atoms with Crippen LogP contribution in [0.1, 0.15) is 6.42 Å². The van der Waals surface area contributed by atoms with E-state index < -0.39 is 12.0 Å². The normalized spacial score (nSPS) is 24.8. The topological polar surface area (TPSA) is 91.8 Å². The van der Waals surface area contributed by atoms with Crippen molar-refractivity contribution < 1.29 is 14.2 Å². The Balaban J connectivity index is 2.77. The fourth-order valence-corrected chi connectivity index (χ4v) is 1.46. The van der Waals surface area contributed by atoms with Gasteiger partial charge in [0.05, 0.1) is 7.11 Å². The highest BCUT2D eigenvalue weighted by atomic mass is 16.7. The van der Waals surface area contributed by atoms with E-state index in [0.29, 0.717) is 18.0 Å². The van der Waals surface area contributed by atoms with Crippen molar-refractivity contribution in [2.75, 3.05) is 21.3 Å². The molecule has 92 valence electrons. The summed E-state index contributed by atoms with van der Waals surface area (Å²) >= 11 is 0. The maximum Gasteiger partial charge on any atom is 0.188 e. The Morgan fingerprint density at radius 1 is 1.31 bits per heavy atom. The average molecular weight is 229 g/mol. The first kappa shape index (κ1) is 12.8. The molecule has 0 amide bonds. The molecule has 0 aromatic heterocycles. The van der Waals surface area contributed by atoms with E-state index in [1.165, 1.54) is 0 Å². The van der Waals surface area contributed by atoms with Crippen LogP contribution >= 0.6 is 0 Å².